The first kappa shape index (κ1) is 15.7. The number of carbonyl (C=O) groups is 1. The molecule has 0 aliphatic heterocycles. The molecule has 1 atom stereocenters. The fourth-order valence-corrected chi connectivity index (χ4v) is 2.20. The Morgan fingerprint density at radius 1 is 1.21 bits per heavy atom. The van der Waals surface area contributed by atoms with Gasteiger partial charge in [0.2, 0.25) is 5.91 Å². The Balaban J connectivity index is 2.78. The lowest BCUT2D eigenvalue weighted by Crippen LogP contribution is -2.37. The highest BCUT2D eigenvalue weighted by Gasteiger charge is 2.17. The van der Waals surface area contributed by atoms with Gasteiger partial charge in [-0.05, 0) is 30.5 Å². The van der Waals surface area contributed by atoms with Crippen LogP contribution in [0, 0.1) is 5.92 Å². The van der Waals surface area contributed by atoms with Gasteiger partial charge in [0.1, 0.15) is 0 Å². The van der Waals surface area contributed by atoms with Crippen LogP contribution in [0.15, 0.2) is 24.3 Å². The van der Waals surface area contributed by atoms with E-state index in [4.69, 9.17) is 0 Å². The lowest BCUT2D eigenvalue weighted by molar-refractivity contribution is -0.121. The summed E-state index contributed by atoms with van der Waals surface area (Å²) in [7, 11) is 1.78. The molecule has 3 heteroatoms. The van der Waals surface area contributed by atoms with Crippen molar-refractivity contribution < 1.29 is 4.79 Å². The topological polar surface area (TPSA) is 41.1 Å². The minimum Gasteiger partial charge on any atom is -0.348 e. The second-order valence-electron chi connectivity index (χ2n) is 5.31. The third-order valence-corrected chi connectivity index (χ3v) is 3.20. The largest absolute Gasteiger partial charge is 0.348 e. The second kappa shape index (κ2) is 7.95. The first-order valence-electron chi connectivity index (χ1n) is 7.11. The molecular formula is C16H26N2O. The smallest absolute Gasteiger partial charge is 0.234 e. The van der Waals surface area contributed by atoms with Gasteiger partial charge in [0.05, 0.1) is 12.6 Å². The van der Waals surface area contributed by atoms with Crippen LogP contribution in [0.5, 0.6) is 0 Å². The summed E-state index contributed by atoms with van der Waals surface area (Å²) in [4.78, 5) is 11.7. The summed E-state index contributed by atoms with van der Waals surface area (Å²) in [6.07, 6.45) is 2.27. The molecule has 3 nitrogen and oxygen atoms in total. The Labute approximate surface area is 116 Å². The quantitative estimate of drug-likeness (QED) is 0.793. The number of hydrogen-bond acceptors (Lipinski definition) is 2. The lowest BCUT2D eigenvalue weighted by Gasteiger charge is -2.23. The van der Waals surface area contributed by atoms with Crippen LogP contribution in [0.3, 0.4) is 0 Å². The molecule has 1 aromatic carbocycles. The van der Waals surface area contributed by atoms with Gasteiger partial charge in [0.25, 0.3) is 0 Å². The van der Waals surface area contributed by atoms with Crippen LogP contribution in [0.2, 0.25) is 0 Å². The van der Waals surface area contributed by atoms with Crippen LogP contribution in [-0.4, -0.2) is 19.5 Å². The number of carbonyl (C=O) groups excluding carboxylic acids is 1. The molecule has 0 fully saturated rings. The summed E-state index contributed by atoms with van der Waals surface area (Å²) in [5.74, 6) is 0.414. The zero-order valence-corrected chi connectivity index (χ0v) is 12.5. The van der Waals surface area contributed by atoms with E-state index < -0.39 is 0 Å². The Hall–Kier alpha value is -1.35. The Kier molecular flexibility index (Phi) is 6.57. The van der Waals surface area contributed by atoms with E-state index in [9.17, 15) is 4.79 Å². The summed E-state index contributed by atoms with van der Waals surface area (Å²) in [6.45, 7) is 6.80. The van der Waals surface area contributed by atoms with Crippen molar-refractivity contribution in [3.63, 3.8) is 0 Å². The SMILES string of the molecule is CCCc1ccc(C(NC(=O)CNC)C(C)C)cc1. The maximum atomic E-state index is 11.7. The predicted octanol–water partition coefficient (Wildman–Crippen LogP) is 2.67. The van der Waals surface area contributed by atoms with Gasteiger partial charge in [-0.15, -0.1) is 0 Å². The number of likely N-dealkylation sites (N-methyl/N-ethyl adjacent to an activating group) is 1. The minimum absolute atomic E-state index is 0.0406. The highest BCUT2D eigenvalue weighted by molar-refractivity contribution is 5.78. The number of benzene rings is 1. The number of amides is 1. The van der Waals surface area contributed by atoms with Crippen LogP contribution in [0.25, 0.3) is 0 Å². The van der Waals surface area contributed by atoms with Gasteiger partial charge >= 0.3 is 0 Å². The van der Waals surface area contributed by atoms with E-state index in [-0.39, 0.29) is 11.9 Å². The molecule has 1 unspecified atom stereocenters. The van der Waals surface area contributed by atoms with Crippen LogP contribution in [-0.2, 0) is 11.2 Å². The highest BCUT2D eigenvalue weighted by atomic mass is 16.1. The van der Waals surface area contributed by atoms with Crippen molar-refractivity contribution in [2.45, 2.75) is 39.7 Å². The minimum atomic E-state index is 0.0406. The third-order valence-electron chi connectivity index (χ3n) is 3.20. The normalized spacial score (nSPS) is 12.5. The van der Waals surface area contributed by atoms with E-state index in [2.05, 4.69) is 55.7 Å². The molecule has 0 heterocycles. The van der Waals surface area contributed by atoms with Crippen molar-refractivity contribution in [1.82, 2.24) is 10.6 Å². The average Bonchev–Trinajstić information content (AvgIpc) is 2.37. The maximum absolute atomic E-state index is 11.7. The van der Waals surface area contributed by atoms with Crippen molar-refractivity contribution in [3.05, 3.63) is 35.4 Å². The summed E-state index contributed by atoms with van der Waals surface area (Å²) in [6, 6.07) is 8.68. The monoisotopic (exact) mass is 262 g/mol. The van der Waals surface area contributed by atoms with E-state index in [0.29, 0.717) is 12.5 Å². The lowest BCUT2D eigenvalue weighted by atomic mass is 9.94. The molecule has 0 aliphatic rings. The van der Waals surface area contributed by atoms with Gasteiger partial charge in [-0.25, -0.2) is 0 Å². The molecule has 1 amide bonds. The molecule has 0 aromatic heterocycles. The van der Waals surface area contributed by atoms with Gasteiger partial charge in [-0.1, -0.05) is 51.5 Å². The molecule has 0 bridgehead atoms. The maximum Gasteiger partial charge on any atom is 0.234 e. The molecule has 19 heavy (non-hydrogen) atoms. The number of rotatable bonds is 7. The Morgan fingerprint density at radius 2 is 1.84 bits per heavy atom. The van der Waals surface area contributed by atoms with E-state index >= 15 is 0 Å². The van der Waals surface area contributed by atoms with E-state index in [1.54, 1.807) is 7.05 Å². The highest BCUT2D eigenvalue weighted by Crippen LogP contribution is 2.22. The van der Waals surface area contributed by atoms with Crippen molar-refractivity contribution in [2.75, 3.05) is 13.6 Å². The van der Waals surface area contributed by atoms with Crippen LogP contribution in [0.1, 0.15) is 44.4 Å². The summed E-state index contributed by atoms with van der Waals surface area (Å²) >= 11 is 0. The van der Waals surface area contributed by atoms with E-state index in [0.717, 1.165) is 12.8 Å². The molecule has 106 valence electrons. The zero-order chi connectivity index (χ0) is 14.3. The molecule has 0 radical (unpaired) electrons. The molecule has 0 saturated carbocycles. The number of nitrogens with one attached hydrogen (secondary N) is 2. The molecule has 2 N–H and O–H groups in total. The third kappa shape index (κ3) is 5.03. The molecule has 0 spiro atoms. The molecular weight excluding hydrogens is 236 g/mol. The van der Waals surface area contributed by atoms with Crippen molar-refractivity contribution in [1.29, 1.82) is 0 Å². The van der Waals surface area contributed by atoms with Crippen LogP contribution in [0.4, 0.5) is 0 Å². The van der Waals surface area contributed by atoms with E-state index in [1.165, 1.54) is 11.1 Å². The van der Waals surface area contributed by atoms with Gasteiger partial charge in [-0.2, -0.15) is 0 Å². The van der Waals surface area contributed by atoms with Crippen molar-refractivity contribution >= 4 is 5.91 Å². The zero-order valence-electron chi connectivity index (χ0n) is 12.5. The molecule has 1 rings (SSSR count). The van der Waals surface area contributed by atoms with Crippen LogP contribution < -0.4 is 10.6 Å². The first-order valence-corrected chi connectivity index (χ1v) is 7.11. The fourth-order valence-electron chi connectivity index (χ4n) is 2.20. The average molecular weight is 262 g/mol. The van der Waals surface area contributed by atoms with Crippen molar-refractivity contribution in [3.8, 4) is 0 Å². The molecule has 0 saturated heterocycles. The second-order valence-corrected chi connectivity index (χ2v) is 5.31. The van der Waals surface area contributed by atoms with Crippen molar-refractivity contribution in [2.24, 2.45) is 5.92 Å². The van der Waals surface area contributed by atoms with Gasteiger partial charge in [0, 0.05) is 0 Å². The number of aryl methyl sites for hydroxylation is 1. The molecule has 1 aromatic rings. The Bertz CT molecular complexity index is 384. The van der Waals surface area contributed by atoms with Crippen LogP contribution >= 0.6 is 0 Å². The number of hydrogen-bond donors (Lipinski definition) is 2. The predicted molar refractivity (Wildman–Crippen MR) is 80.1 cm³/mol. The summed E-state index contributed by atoms with van der Waals surface area (Å²) in [5.41, 5.74) is 2.54. The summed E-state index contributed by atoms with van der Waals surface area (Å²) < 4.78 is 0. The van der Waals surface area contributed by atoms with E-state index in [1.807, 2.05) is 0 Å². The standard InChI is InChI=1S/C16H26N2O/c1-5-6-13-7-9-14(10-8-13)16(12(2)3)18-15(19)11-17-4/h7-10,12,16-17H,5-6,11H2,1-4H3,(H,18,19). The fraction of sp³-hybridized carbons (Fsp3) is 0.562. The first-order chi connectivity index (χ1) is 9.08. The van der Waals surface area contributed by atoms with Gasteiger partial charge in [-0.3, -0.25) is 4.79 Å². The summed E-state index contributed by atoms with van der Waals surface area (Å²) in [5, 5.41) is 5.96. The molecule has 0 aliphatic carbocycles. The van der Waals surface area contributed by atoms with Gasteiger partial charge in [0.15, 0.2) is 0 Å². The Morgan fingerprint density at radius 3 is 2.32 bits per heavy atom. The van der Waals surface area contributed by atoms with Gasteiger partial charge < -0.3 is 10.6 Å².